The Morgan fingerprint density at radius 1 is 1.12 bits per heavy atom. The Balaban J connectivity index is 1.33. The number of carbonyl (C=O) groups is 1. The molecule has 10 heteroatoms. The summed E-state index contributed by atoms with van der Waals surface area (Å²) in [4.78, 5) is 27.2. The Morgan fingerprint density at radius 3 is 2.79 bits per heavy atom. The molecule has 0 fully saturated rings. The lowest BCUT2D eigenvalue weighted by Crippen LogP contribution is -2.32. The summed E-state index contributed by atoms with van der Waals surface area (Å²) in [5.41, 5.74) is 4.56. The number of fused-ring (bicyclic) bond motifs is 1. The normalized spacial score (nSPS) is 12.8. The van der Waals surface area contributed by atoms with Crippen LogP contribution in [0.15, 0.2) is 61.1 Å². The lowest BCUT2D eigenvalue weighted by molar-refractivity contribution is 0.0963. The van der Waals surface area contributed by atoms with Gasteiger partial charge in [-0.15, -0.1) is 0 Å². The molecule has 3 heterocycles. The Kier molecular flexibility index (Phi) is 5.62. The minimum Gasteiger partial charge on any atom is -0.355 e. The van der Waals surface area contributed by atoms with Crippen molar-refractivity contribution in [2.45, 2.75) is 13.0 Å². The molecule has 0 radical (unpaired) electrons. The zero-order chi connectivity index (χ0) is 22.8. The Labute approximate surface area is 195 Å². The summed E-state index contributed by atoms with van der Waals surface area (Å²) in [5.74, 6) is 0.842. The molecule has 0 unspecified atom stereocenters. The van der Waals surface area contributed by atoms with E-state index in [0.717, 1.165) is 29.9 Å². The first kappa shape index (κ1) is 20.9. The quantitative estimate of drug-likeness (QED) is 0.470. The Hall–Kier alpha value is -3.98. The zero-order valence-electron chi connectivity index (χ0n) is 17.9. The van der Waals surface area contributed by atoms with E-state index in [0.29, 0.717) is 29.0 Å². The van der Waals surface area contributed by atoms with E-state index in [9.17, 15) is 4.79 Å². The fourth-order valence-corrected chi connectivity index (χ4v) is 3.95. The van der Waals surface area contributed by atoms with Crippen molar-refractivity contribution in [3.8, 4) is 5.69 Å². The molecule has 2 aromatic carbocycles. The van der Waals surface area contributed by atoms with Gasteiger partial charge in [-0.05, 0) is 42.5 Å². The van der Waals surface area contributed by atoms with Crippen LogP contribution in [0, 0.1) is 0 Å². The highest BCUT2D eigenvalue weighted by molar-refractivity contribution is 6.30. The van der Waals surface area contributed by atoms with E-state index >= 15 is 0 Å². The van der Waals surface area contributed by atoms with Gasteiger partial charge in [0.2, 0.25) is 11.9 Å². The molecule has 9 nitrogen and oxygen atoms in total. The third-order valence-corrected chi connectivity index (χ3v) is 5.71. The van der Waals surface area contributed by atoms with Gasteiger partial charge in [0.05, 0.1) is 17.6 Å². The minimum absolute atomic E-state index is 0.154. The van der Waals surface area contributed by atoms with Crippen molar-refractivity contribution in [3.05, 3.63) is 82.9 Å². The molecule has 166 valence electrons. The van der Waals surface area contributed by atoms with Gasteiger partial charge in [-0.3, -0.25) is 4.79 Å². The van der Waals surface area contributed by atoms with Gasteiger partial charge in [-0.2, -0.15) is 10.1 Å². The second kappa shape index (κ2) is 8.87. The van der Waals surface area contributed by atoms with E-state index in [1.54, 1.807) is 25.2 Å². The fraction of sp³-hybridized carbons (Fsp3) is 0.174. The fourth-order valence-electron chi connectivity index (χ4n) is 3.82. The summed E-state index contributed by atoms with van der Waals surface area (Å²) in [6, 6.07) is 14.8. The predicted octanol–water partition coefficient (Wildman–Crippen LogP) is 3.38. The van der Waals surface area contributed by atoms with Gasteiger partial charge in [0.15, 0.2) is 0 Å². The monoisotopic (exact) mass is 460 g/mol. The number of hydrogen-bond donors (Lipinski definition) is 2. The molecule has 0 spiro atoms. The molecule has 0 saturated carbocycles. The number of halogens is 1. The van der Waals surface area contributed by atoms with Crippen LogP contribution in [0.2, 0.25) is 5.02 Å². The highest BCUT2D eigenvalue weighted by atomic mass is 35.5. The van der Waals surface area contributed by atoms with E-state index in [4.69, 9.17) is 11.6 Å². The van der Waals surface area contributed by atoms with E-state index < -0.39 is 0 Å². The van der Waals surface area contributed by atoms with Crippen molar-refractivity contribution in [2.75, 3.05) is 23.8 Å². The van der Waals surface area contributed by atoms with Gasteiger partial charge in [-0.1, -0.05) is 17.7 Å². The van der Waals surface area contributed by atoms with Gasteiger partial charge in [0.25, 0.3) is 5.91 Å². The topological polar surface area (TPSA) is 101 Å². The molecule has 2 N–H and O–H groups in total. The summed E-state index contributed by atoms with van der Waals surface area (Å²) >= 11 is 6.02. The molecule has 0 bridgehead atoms. The average Bonchev–Trinajstić information content (AvgIpc) is 3.28. The maximum Gasteiger partial charge on any atom is 0.251 e. The van der Waals surface area contributed by atoms with E-state index in [-0.39, 0.29) is 5.91 Å². The van der Waals surface area contributed by atoms with E-state index in [1.165, 1.54) is 12.0 Å². The summed E-state index contributed by atoms with van der Waals surface area (Å²) in [7, 11) is 1.60. The minimum atomic E-state index is -0.154. The number of nitrogens with one attached hydrogen (secondary N) is 2. The molecule has 33 heavy (non-hydrogen) atoms. The number of amides is 1. The van der Waals surface area contributed by atoms with Gasteiger partial charge >= 0.3 is 0 Å². The van der Waals surface area contributed by atoms with Gasteiger partial charge in [0.1, 0.15) is 6.33 Å². The van der Waals surface area contributed by atoms with Crippen LogP contribution >= 0.6 is 11.6 Å². The summed E-state index contributed by atoms with van der Waals surface area (Å²) in [5, 5.41) is 11.1. The Morgan fingerprint density at radius 2 is 1.97 bits per heavy atom. The molecule has 1 aliphatic heterocycles. The number of aromatic nitrogens is 5. The second-order valence-electron chi connectivity index (χ2n) is 7.57. The van der Waals surface area contributed by atoms with Crippen LogP contribution in [0.4, 0.5) is 17.6 Å². The highest BCUT2D eigenvalue weighted by Gasteiger charge is 2.23. The molecule has 4 aromatic rings. The van der Waals surface area contributed by atoms with Gasteiger partial charge < -0.3 is 15.5 Å². The average molecular weight is 461 g/mol. The SMILES string of the molecule is CNC(=O)c1cccc(Nc2ncnc(N3CCc4c(cnn4-c4ccc(Cl)cc4)C3)n2)c1. The van der Waals surface area contributed by atoms with Crippen LogP contribution in [0.1, 0.15) is 21.6 Å². The third-order valence-electron chi connectivity index (χ3n) is 5.46. The largest absolute Gasteiger partial charge is 0.355 e. The van der Waals surface area contributed by atoms with Gasteiger partial charge in [-0.25, -0.2) is 14.6 Å². The molecule has 1 amide bonds. The molecule has 2 aromatic heterocycles. The lowest BCUT2D eigenvalue weighted by Gasteiger charge is -2.27. The summed E-state index contributed by atoms with van der Waals surface area (Å²) < 4.78 is 1.96. The molecule has 5 rings (SSSR count). The molecule has 0 aliphatic carbocycles. The first-order valence-electron chi connectivity index (χ1n) is 10.5. The van der Waals surface area contributed by atoms with E-state index in [1.807, 2.05) is 41.2 Å². The predicted molar refractivity (Wildman–Crippen MR) is 126 cm³/mol. The molecular formula is C23H21ClN8O. The van der Waals surface area contributed by atoms with Crippen molar-refractivity contribution in [3.63, 3.8) is 0 Å². The van der Waals surface area contributed by atoms with Crippen LogP contribution < -0.4 is 15.5 Å². The van der Waals surface area contributed by atoms with Crippen LogP contribution in [-0.2, 0) is 13.0 Å². The van der Waals surface area contributed by atoms with Crippen molar-refractivity contribution >= 4 is 35.1 Å². The van der Waals surface area contributed by atoms with Crippen LogP contribution in [0.5, 0.6) is 0 Å². The maximum absolute atomic E-state index is 11.9. The van der Waals surface area contributed by atoms with E-state index in [2.05, 4.69) is 35.6 Å². The zero-order valence-corrected chi connectivity index (χ0v) is 18.6. The summed E-state index contributed by atoms with van der Waals surface area (Å²) in [6.45, 7) is 1.40. The molecular weight excluding hydrogens is 440 g/mol. The van der Waals surface area contributed by atoms with Crippen molar-refractivity contribution in [2.24, 2.45) is 0 Å². The number of hydrogen-bond acceptors (Lipinski definition) is 7. The molecule has 0 atom stereocenters. The number of nitrogens with zero attached hydrogens (tertiary/aromatic N) is 6. The van der Waals surface area contributed by atoms with Crippen LogP contribution in [0.25, 0.3) is 5.69 Å². The smallest absolute Gasteiger partial charge is 0.251 e. The lowest BCUT2D eigenvalue weighted by atomic mass is 10.1. The second-order valence-corrected chi connectivity index (χ2v) is 8.01. The maximum atomic E-state index is 11.9. The molecule has 0 saturated heterocycles. The number of anilines is 3. The number of benzene rings is 2. The third kappa shape index (κ3) is 4.35. The van der Waals surface area contributed by atoms with Crippen LogP contribution in [-0.4, -0.2) is 44.2 Å². The first-order valence-corrected chi connectivity index (χ1v) is 10.8. The summed E-state index contributed by atoms with van der Waals surface area (Å²) in [6.07, 6.45) is 4.18. The van der Waals surface area contributed by atoms with Gasteiger partial charge in [0, 0.05) is 48.4 Å². The first-order chi connectivity index (χ1) is 16.1. The van der Waals surface area contributed by atoms with Crippen molar-refractivity contribution < 1.29 is 4.79 Å². The number of carbonyl (C=O) groups excluding carboxylic acids is 1. The Bertz CT molecular complexity index is 1300. The van der Waals surface area contributed by atoms with Crippen molar-refractivity contribution in [1.82, 2.24) is 30.0 Å². The highest BCUT2D eigenvalue weighted by Crippen LogP contribution is 2.25. The van der Waals surface area contributed by atoms with Crippen molar-refractivity contribution in [1.29, 1.82) is 0 Å². The standard InChI is InChI=1S/C23H21ClN8O/c1-25-21(33)15-3-2-4-18(11-15)29-22-26-14-27-23(30-22)31-10-9-20-16(13-31)12-28-32(20)19-7-5-17(24)6-8-19/h2-8,11-12,14H,9-10,13H2,1H3,(H,25,33)(H,26,27,29,30). The van der Waals surface area contributed by atoms with Crippen LogP contribution in [0.3, 0.4) is 0 Å². The molecule has 1 aliphatic rings. The number of rotatable bonds is 5.